The van der Waals surface area contributed by atoms with E-state index in [0.717, 1.165) is 23.6 Å². The number of nitrogens with zero attached hydrogens (tertiary/aromatic N) is 3. The van der Waals surface area contributed by atoms with Crippen LogP contribution >= 0.6 is 22.9 Å². The minimum absolute atomic E-state index is 0.0901. The van der Waals surface area contributed by atoms with Gasteiger partial charge in [-0.25, -0.2) is 4.39 Å². The summed E-state index contributed by atoms with van der Waals surface area (Å²) < 4.78 is 21.6. The van der Waals surface area contributed by atoms with Gasteiger partial charge in [-0.05, 0) is 37.6 Å². The summed E-state index contributed by atoms with van der Waals surface area (Å²) in [6.07, 6.45) is 4.10. The summed E-state index contributed by atoms with van der Waals surface area (Å²) in [5.74, 6) is -2.15. The van der Waals surface area contributed by atoms with Crippen LogP contribution in [0.2, 0.25) is 4.34 Å². The molecular weight excluding hydrogens is 525 g/mol. The summed E-state index contributed by atoms with van der Waals surface area (Å²) in [5, 5.41) is 5.42. The minimum atomic E-state index is -0.830. The van der Waals surface area contributed by atoms with Crippen molar-refractivity contribution >= 4 is 46.4 Å². The van der Waals surface area contributed by atoms with Gasteiger partial charge in [-0.2, -0.15) is 0 Å². The average Bonchev–Trinajstić information content (AvgIpc) is 3.47. The zero-order valence-corrected chi connectivity index (χ0v) is 21.2. The van der Waals surface area contributed by atoms with E-state index in [2.05, 4.69) is 15.6 Å². The Morgan fingerprint density at radius 1 is 1.27 bits per heavy atom. The van der Waals surface area contributed by atoms with Crippen LogP contribution < -0.4 is 16.2 Å². The predicted octanol–water partition coefficient (Wildman–Crippen LogP) is 2.46. The number of esters is 1. The van der Waals surface area contributed by atoms with Gasteiger partial charge in [0.05, 0.1) is 46.0 Å². The number of ether oxygens (including phenoxy) is 1. The molecule has 10 nitrogen and oxygen atoms in total. The molecule has 0 bridgehead atoms. The van der Waals surface area contributed by atoms with Crippen LogP contribution in [0.5, 0.6) is 0 Å². The van der Waals surface area contributed by atoms with Gasteiger partial charge in [0.2, 0.25) is 5.91 Å². The lowest BCUT2D eigenvalue weighted by Crippen LogP contribution is -2.43. The topological polar surface area (TPSA) is 123 Å². The fourth-order valence-corrected chi connectivity index (χ4v) is 5.00. The lowest BCUT2D eigenvalue weighted by atomic mass is 10.1. The lowest BCUT2D eigenvalue weighted by molar-refractivity contribution is -0.144. The second kappa shape index (κ2) is 11.6. The number of anilines is 1. The second-order valence-electron chi connectivity index (χ2n) is 8.20. The van der Waals surface area contributed by atoms with E-state index in [9.17, 15) is 23.6 Å². The standard InChI is InChI=1S/C24H23ClFN5O5S/c1-2-36-22(33)13-30-12-14(28-24(35)19-5-6-20(25)37-19)9-18(30)23(34)29-17-4-3-15(10-16(17)26)31-8-7-27-11-21(31)32/h3-8,10-11,14,18H,2,9,12-13H2,1H3,(H,28,35)(H,29,34)/t14-,18-/m0/s1. The van der Waals surface area contributed by atoms with Crippen LogP contribution in [-0.2, 0) is 14.3 Å². The van der Waals surface area contributed by atoms with E-state index in [1.165, 1.54) is 29.1 Å². The van der Waals surface area contributed by atoms with Crippen molar-refractivity contribution in [1.29, 1.82) is 0 Å². The number of halogens is 2. The fraction of sp³-hybridized carbons (Fsp3) is 0.292. The molecular formula is C24H23ClFN5O5S. The maximum absolute atomic E-state index is 14.9. The quantitative estimate of drug-likeness (QED) is 0.415. The summed E-state index contributed by atoms with van der Waals surface area (Å²) in [4.78, 5) is 55.6. The van der Waals surface area contributed by atoms with Crippen LogP contribution in [0.3, 0.4) is 0 Å². The molecule has 37 heavy (non-hydrogen) atoms. The first-order chi connectivity index (χ1) is 17.7. The van der Waals surface area contributed by atoms with Crippen LogP contribution in [0.4, 0.5) is 10.1 Å². The van der Waals surface area contributed by atoms with Gasteiger partial charge < -0.3 is 15.4 Å². The Morgan fingerprint density at radius 2 is 2.08 bits per heavy atom. The van der Waals surface area contributed by atoms with E-state index in [4.69, 9.17) is 16.3 Å². The third-order valence-corrected chi connectivity index (χ3v) is 6.92. The molecule has 2 atom stereocenters. The number of hydrogen-bond donors (Lipinski definition) is 2. The molecule has 1 aromatic carbocycles. The molecule has 0 unspecified atom stereocenters. The van der Waals surface area contributed by atoms with Crippen LogP contribution in [0.25, 0.3) is 5.69 Å². The van der Waals surface area contributed by atoms with Crippen molar-refractivity contribution in [1.82, 2.24) is 19.8 Å². The fourth-order valence-electron chi connectivity index (χ4n) is 4.05. The highest BCUT2D eigenvalue weighted by atomic mass is 35.5. The summed E-state index contributed by atoms with van der Waals surface area (Å²) in [7, 11) is 0. The monoisotopic (exact) mass is 547 g/mol. The molecule has 194 valence electrons. The van der Waals surface area contributed by atoms with Crippen molar-refractivity contribution in [2.24, 2.45) is 0 Å². The van der Waals surface area contributed by atoms with Crippen molar-refractivity contribution in [3.63, 3.8) is 0 Å². The van der Waals surface area contributed by atoms with E-state index in [-0.39, 0.29) is 43.4 Å². The molecule has 2 aromatic heterocycles. The largest absolute Gasteiger partial charge is 0.465 e. The number of hydrogen-bond acceptors (Lipinski definition) is 8. The van der Waals surface area contributed by atoms with Gasteiger partial charge in [-0.15, -0.1) is 11.3 Å². The predicted molar refractivity (Wildman–Crippen MR) is 136 cm³/mol. The molecule has 0 radical (unpaired) electrons. The normalized spacial score (nSPS) is 17.4. The van der Waals surface area contributed by atoms with Gasteiger partial charge in [-0.1, -0.05) is 11.6 Å². The van der Waals surface area contributed by atoms with Crippen molar-refractivity contribution in [3.05, 3.63) is 74.3 Å². The van der Waals surface area contributed by atoms with Gasteiger partial charge in [0.1, 0.15) is 5.82 Å². The first kappa shape index (κ1) is 26.5. The highest BCUT2D eigenvalue weighted by Crippen LogP contribution is 2.25. The van der Waals surface area contributed by atoms with Crippen LogP contribution in [0.15, 0.2) is 53.7 Å². The molecule has 3 heterocycles. The molecule has 1 saturated heterocycles. The van der Waals surface area contributed by atoms with Crippen LogP contribution in [0, 0.1) is 5.82 Å². The van der Waals surface area contributed by atoms with E-state index in [1.54, 1.807) is 24.0 Å². The van der Waals surface area contributed by atoms with Gasteiger partial charge in [-0.3, -0.25) is 33.6 Å². The highest BCUT2D eigenvalue weighted by molar-refractivity contribution is 7.18. The van der Waals surface area contributed by atoms with E-state index in [1.807, 2.05) is 0 Å². The van der Waals surface area contributed by atoms with Gasteiger partial charge in [0, 0.05) is 31.0 Å². The summed E-state index contributed by atoms with van der Waals surface area (Å²) in [6, 6.07) is 5.90. The number of carbonyl (C=O) groups excluding carboxylic acids is 3. The van der Waals surface area contributed by atoms with E-state index < -0.39 is 35.3 Å². The smallest absolute Gasteiger partial charge is 0.320 e. The minimum Gasteiger partial charge on any atom is -0.465 e. The van der Waals surface area contributed by atoms with Crippen molar-refractivity contribution < 1.29 is 23.5 Å². The third kappa shape index (κ3) is 6.40. The number of nitrogens with one attached hydrogen (secondary N) is 2. The van der Waals surface area contributed by atoms with Crippen LogP contribution in [-0.4, -0.2) is 64.0 Å². The maximum Gasteiger partial charge on any atom is 0.320 e. The zero-order valence-electron chi connectivity index (χ0n) is 19.6. The van der Waals surface area contributed by atoms with E-state index in [0.29, 0.717) is 9.21 Å². The Hall–Kier alpha value is -3.61. The van der Waals surface area contributed by atoms with Crippen molar-refractivity contribution in [2.45, 2.75) is 25.4 Å². The summed E-state index contributed by atoms with van der Waals surface area (Å²) >= 11 is 7.04. The molecule has 0 saturated carbocycles. The Balaban J connectivity index is 1.48. The number of rotatable bonds is 8. The highest BCUT2D eigenvalue weighted by Gasteiger charge is 2.39. The average molecular weight is 548 g/mol. The third-order valence-electron chi connectivity index (χ3n) is 5.69. The molecule has 2 amide bonds. The zero-order chi connectivity index (χ0) is 26.5. The van der Waals surface area contributed by atoms with E-state index >= 15 is 0 Å². The summed E-state index contributed by atoms with van der Waals surface area (Å²) in [6.45, 7) is 1.90. The maximum atomic E-state index is 14.9. The van der Waals surface area contributed by atoms with Crippen molar-refractivity contribution in [3.8, 4) is 5.69 Å². The molecule has 4 rings (SSSR count). The van der Waals surface area contributed by atoms with Gasteiger partial charge in [0.15, 0.2) is 0 Å². The molecule has 13 heteroatoms. The number of benzene rings is 1. The Kier molecular flexibility index (Phi) is 8.31. The van der Waals surface area contributed by atoms with Crippen LogP contribution in [0.1, 0.15) is 23.0 Å². The Morgan fingerprint density at radius 3 is 2.76 bits per heavy atom. The van der Waals surface area contributed by atoms with Gasteiger partial charge in [0.25, 0.3) is 11.5 Å². The van der Waals surface area contributed by atoms with Crippen molar-refractivity contribution in [2.75, 3.05) is 25.0 Å². The number of aromatic nitrogens is 2. The van der Waals surface area contributed by atoms with Gasteiger partial charge >= 0.3 is 5.97 Å². The number of amides is 2. The first-order valence-corrected chi connectivity index (χ1v) is 12.5. The number of carbonyl (C=O) groups is 3. The first-order valence-electron chi connectivity index (χ1n) is 11.3. The molecule has 1 fully saturated rings. The molecule has 1 aliphatic heterocycles. The number of thiophene rings is 1. The molecule has 0 spiro atoms. The Bertz CT molecular complexity index is 1380. The Labute approximate surface area is 220 Å². The molecule has 0 aliphatic carbocycles. The lowest BCUT2D eigenvalue weighted by Gasteiger charge is -2.22. The molecule has 1 aliphatic rings. The second-order valence-corrected chi connectivity index (χ2v) is 9.91. The summed E-state index contributed by atoms with van der Waals surface area (Å²) in [5.41, 5.74) is -0.256. The molecule has 3 aromatic rings. The SMILES string of the molecule is CCOC(=O)CN1C[C@@H](NC(=O)c2ccc(Cl)s2)C[C@H]1C(=O)Nc1ccc(-n2ccncc2=O)cc1F. The number of likely N-dealkylation sites (tertiary alicyclic amines) is 1. The molecule has 2 N–H and O–H groups in total.